The zero-order valence-electron chi connectivity index (χ0n) is 13.2. The van der Waals surface area contributed by atoms with E-state index in [0.717, 1.165) is 49.3 Å². The van der Waals surface area contributed by atoms with Crippen molar-refractivity contribution in [1.29, 1.82) is 0 Å². The fourth-order valence-electron chi connectivity index (χ4n) is 3.40. The van der Waals surface area contributed by atoms with Crippen LogP contribution in [0.5, 0.6) is 5.75 Å². The lowest BCUT2D eigenvalue weighted by Gasteiger charge is -2.19. The first-order valence-corrected chi connectivity index (χ1v) is 8.52. The van der Waals surface area contributed by atoms with Crippen LogP contribution in [0.2, 0.25) is 5.02 Å². The number of aromatic nitrogens is 1. The molecule has 0 amide bonds. The van der Waals surface area contributed by atoms with Crippen LogP contribution in [0.25, 0.3) is 0 Å². The van der Waals surface area contributed by atoms with E-state index in [0.29, 0.717) is 10.8 Å². The van der Waals surface area contributed by atoms with E-state index >= 15 is 0 Å². The molecule has 4 rings (SSSR count). The average Bonchev–Trinajstić information content (AvgIpc) is 3.19. The van der Waals surface area contributed by atoms with Gasteiger partial charge >= 0.3 is 0 Å². The molecule has 5 nitrogen and oxygen atoms in total. The van der Waals surface area contributed by atoms with E-state index < -0.39 is 0 Å². The number of fused-ring (bicyclic) bond motifs is 1. The number of nitrogens with zero attached hydrogens (tertiary/aromatic N) is 3. The van der Waals surface area contributed by atoms with Crippen LogP contribution in [0.4, 0.5) is 5.69 Å². The predicted octanol–water partition coefficient (Wildman–Crippen LogP) is 2.80. The van der Waals surface area contributed by atoms with Crippen LogP contribution in [0.3, 0.4) is 0 Å². The number of nitrogens with one attached hydrogen (secondary N) is 1. The Labute approximate surface area is 146 Å². The lowest BCUT2D eigenvalue weighted by atomic mass is 10.0. The highest BCUT2D eigenvalue weighted by Crippen LogP contribution is 2.30. The molecular weight excluding hydrogens is 324 g/mol. The Kier molecular flexibility index (Phi) is 4.36. The Morgan fingerprint density at radius 3 is 2.67 bits per heavy atom. The molecule has 2 fully saturated rings. The van der Waals surface area contributed by atoms with Crippen molar-refractivity contribution in [1.82, 2.24) is 10.3 Å². The van der Waals surface area contributed by atoms with Gasteiger partial charge in [-0.3, -0.25) is 4.98 Å². The number of anilines is 1. The molecule has 2 aliphatic rings. The highest BCUT2D eigenvalue weighted by Gasteiger charge is 2.36. The third-order valence-corrected chi connectivity index (χ3v) is 4.93. The highest BCUT2D eigenvalue weighted by molar-refractivity contribution is 6.30. The normalized spacial score (nSPS) is 23.0. The number of pyridine rings is 1. The predicted molar refractivity (Wildman–Crippen MR) is 96.0 cm³/mol. The second kappa shape index (κ2) is 6.79. The summed E-state index contributed by atoms with van der Waals surface area (Å²) in [7, 11) is 0. The van der Waals surface area contributed by atoms with Crippen LogP contribution in [0.15, 0.2) is 47.9 Å². The third kappa shape index (κ3) is 3.37. The first-order chi connectivity index (χ1) is 11.8. The summed E-state index contributed by atoms with van der Waals surface area (Å²) in [5.41, 5.74) is 2.08. The first-order valence-electron chi connectivity index (χ1n) is 8.14. The largest absolute Gasteiger partial charge is 0.370 e. The lowest BCUT2D eigenvalue weighted by molar-refractivity contribution is 0.344. The Balaban J connectivity index is 1.41. The number of rotatable bonds is 4. The molecule has 0 aliphatic carbocycles. The van der Waals surface area contributed by atoms with E-state index in [2.05, 4.69) is 26.4 Å². The molecule has 24 heavy (non-hydrogen) atoms. The molecule has 2 aliphatic heterocycles. The van der Waals surface area contributed by atoms with Crippen molar-refractivity contribution in [2.75, 3.05) is 31.1 Å². The van der Waals surface area contributed by atoms with Crippen molar-refractivity contribution in [3.63, 3.8) is 0 Å². The summed E-state index contributed by atoms with van der Waals surface area (Å²) in [6, 6.07) is 9.22. The van der Waals surface area contributed by atoms with E-state index in [-0.39, 0.29) is 0 Å². The zero-order valence-corrected chi connectivity index (χ0v) is 14.0. The fraction of sp³-hybridized carbons (Fsp3) is 0.333. The molecule has 0 bridgehead atoms. The maximum atomic E-state index is 5.85. The minimum Gasteiger partial charge on any atom is -0.370 e. The van der Waals surface area contributed by atoms with E-state index in [1.807, 2.05) is 6.20 Å². The molecule has 1 aromatic heterocycles. The van der Waals surface area contributed by atoms with Gasteiger partial charge < -0.3 is 15.1 Å². The van der Waals surface area contributed by atoms with Crippen molar-refractivity contribution in [3.8, 4) is 5.75 Å². The number of benzene rings is 1. The molecule has 1 N–H and O–H groups in total. The standard InChI is InChI=1S/C18H19ClN4O/c19-16-1-3-18(4-2-16)24-22-7-13-5-17(10-20-6-13)23-11-14-8-21-9-15(14)12-23/h1-7,10,14-15,21H,8-9,11-12H2/t14-,15+. The van der Waals surface area contributed by atoms with Gasteiger partial charge in [0.1, 0.15) is 0 Å². The van der Waals surface area contributed by atoms with Gasteiger partial charge in [0, 0.05) is 43.0 Å². The molecule has 0 unspecified atom stereocenters. The number of halogens is 1. The van der Waals surface area contributed by atoms with Crippen LogP contribution < -0.4 is 15.1 Å². The summed E-state index contributed by atoms with van der Waals surface area (Å²) in [5, 5.41) is 8.17. The van der Waals surface area contributed by atoms with E-state index in [9.17, 15) is 0 Å². The summed E-state index contributed by atoms with van der Waals surface area (Å²) in [6.07, 6.45) is 5.39. The van der Waals surface area contributed by atoms with Crippen molar-refractivity contribution in [2.45, 2.75) is 0 Å². The van der Waals surface area contributed by atoms with Gasteiger partial charge in [-0.15, -0.1) is 0 Å². The van der Waals surface area contributed by atoms with Crippen molar-refractivity contribution >= 4 is 23.5 Å². The van der Waals surface area contributed by atoms with Crippen LogP contribution in [-0.2, 0) is 0 Å². The summed E-state index contributed by atoms with van der Waals surface area (Å²) in [4.78, 5) is 12.1. The lowest BCUT2D eigenvalue weighted by Crippen LogP contribution is -2.25. The molecule has 2 saturated heterocycles. The molecule has 2 aromatic rings. The van der Waals surface area contributed by atoms with Gasteiger partial charge in [0.15, 0.2) is 5.75 Å². The Bertz CT molecular complexity index is 722. The molecule has 124 valence electrons. The van der Waals surface area contributed by atoms with Gasteiger partial charge in [-0.1, -0.05) is 16.8 Å². The van der Waals surface area contributed by atoms with Crippen LogP contribution in [-0.4, -0.2) is 37.4 Å². The number of hydrogen-bond donors (Lipinski definition) is 1. The van der Waals surface area contributed by atoms with Gasteiger partial charge in [0.05, 0.1) is 18.1 Å². The van der Waals surface area contributed by atoms with Gasteiger partial charge in [0.25, 0.3) is 0 Å². The molecule has 1 aromatic carbocycles. The van der Waals surface area contributed by atoms with E-state index in [1.54, 1.807) is 36.7 Å². The van der Waals surface area contributed by atoms with Crippen LogP contribution >= 0.6 is 11.6 Å². The topological polar surface area (TPSA) is 49.8 Å². The van der Waals surface area contributed by atoms with Crippen molar-refractivity contribution in [2.24, 2.45) is 17.0 Å². The minimum absolute atomic E-state index is 0.652. The van der Waals surface area contributed by atoms with Crippen LogP contribution in [0, 0.1) is 11.8 Å². The molecular formula is C18H19ClN4O. The zero-order chi connectivity index (χ0) is 16.4. The molecule has 2 atom stereocenters. The van der Waals surface area contributed by atoms with Gasteiger partial charge in [-0.2, -0.15) is 0 Å². The van der Waals surface area contributed by atoms with Gasteiger partial charge in [-0.25, -0.2) is 0 Å². The quantitative estimate of drug-likeness (QED) is 0.685. The average molecular weight is 343 g/mol. The summed E-state index contributed by atoms with van der Waals surface area (Å²) in [5.74, 6) is 2.17. The Morgan fingerprint density at radius 1 is 1.17 bits per heavy atom. The minimum atomic E-state index is 0.652. The second-order valence-electron chi connectivity index (χ2n) is 6.34. The van der Waals surface area contributed by atoms with Crippen molar-refractivity contribution < 1.29 is 4.84 Å². The second-order valence-corrected chi connectivity index (χ2v) is 6.78. The molecule has 6 heteroatoms. The molecule has 0 spiro atoms. The highest BCUT2D eigenvalue weighted by atomic mass is 35.5. The summed E-state index contributed by atoms with van der Waals surface area (Å²) >= 11 is 5.85. The SMILES string of the molecule is Clc1ccc(ON=Cc2cncc(N3C[C@H]4CNC[C@H]4C3)c2)cc1. The van der Waals surface area contributed by atoms with Crippen molar-refractivity contribution in [3.05, 3.63) is 53.3 Å². The smallest absolute Gasteiger partial charge is 0.158 e. The van der Waals surface area contributed by atoms with Gasteiger partial charge in [0.2, 0.25) is 0 Å². The maximum absolute atomic E-state index is 5.85. The molecule has 0 saturated carbocycles. The van der Waals surface area contributed by atoms with Gasteiger partial charge in [-0.05, 0) is 42.2 Å². The summed E-state index contributed by atoms with van der Waals surface area (Å²) in [6.45, 7) is 4.46. The Morgan fingerprint density at radius 2 is 1.92 bits per heavy atom. The van der Waals surface area contributed by atoms with E-state index in [1.165, 1.54) is 0 Å². The van der Waals surface area contributed by atoms with Crippen LogP contribution in [0.1, 0.15) is 5.56 Å². The molecule has 3 heterocycles. The fourth-order valence-corrected chi connectivity index (χ4v) is 3.52. The Hall–Kier alpha value is -2.11. The molecule has 0 radical (unpaired) electrons. The third-order valence-electron chi connectivity index (χ3n) is 4.67. The number of hydrogen-bond acceptors (Lipinski definition) is 5. The number of oxime groups is 1. The van der Waals surface area contributed by atoms with E-state index in [4.69, 9.17) is 16.4 Å². The monoisotopic (exact) mass is 342 g/mol. The first kappa shape index (κ1) is 15.4. The summed E-state index contributed by atoms with van der Waals surface area (Å²) < 4.78 is 0. The maximum Gasteiger partial charge on any atom is 0.158 e.